The van der Waals surface area contributed by atoms with Crippen molar-refractivity contribution in [3.63, 3.8) is 0 Å². The van der Waals surface area contributed by atoms with Crippen LogP contribution in [0.5, 0.6) is 0 Å². The zero-order chi connectivity index (χ0) is 34.2. The molecule has 11 rings (SSSR count). The first-order valence-electron chi connectivity index (χ1n) is 17.7. The fraction of sp³-hybridized carbons (Fsp3) is 0. The molecule has 3 heteroatoms. The van der Waals surface area contributed by atoms with Crippen LogP contribution in [0.4, 0.5) is 17.1 Å². The van der Waals surface area contributed by atoms with Crippen LogP contribution in [0.2, 0.25) is 0 Å². The first-order chi connectivity index (χ1) is 25.8. The summed E-state index contributed by atoms with van der Waals surface area (Å²) in [5.74, 6) is 0.630. The Labute approximate surface area is 300 Å². The zero-order valence-electron chi connectivity index (χ0n) is 28.1. The molecular weight excluding hydrogens is 633 g/mol. The second kappa shape index (κ2) is 11.3. The summed E-state index contributed by atoms with van der Waals surface area (Å²) in [6.07, 6.45) is 0. The van der Waals surface area contributed by atoms with Crippen LogP contribution in [0.15, 0.2) is 186 Å². The van der Waals surface area contributed by atoms with E-state index >= 15 is 0 Å². The predicted molar refractivity (Wildman–Crippen MR) is 217 cm³/mol. The first-order valence-corrected chi connectivity index (χ1v) is 17.7. The number of oxazole rings is 1. The fourth-order valence-electron chi connectivity index (χ4n) is 8.31. The van der Waals surface area contributed by atoms with Gasteiger partial charge in [-0.25, -0.2) is 4.98 Å². The van der Waals surface area contributed by atoms with Crippen molar-refractivity contribution in [3.05, 3.63) is 182 Å². The van der Waals surface area contributed by atoms with Gasteiger partial charge in [0, 0.05) is 27.7 Å². The van der Waals surface area contributed by atoms with Crippen LogP contribution in [0.3, 0.4) is 0 Å². The smallest absolute Gasteiger partial charge is 0.227 e. The topological polar surface area (TPSA) is 29.3 Å². The molecule has 0 fully saturated rings. The van der Waals surface area contributed by atoms with Crippen LogP contribution in [-0.2, 0) is 0 Å². The number of nitrogens with zero attached hydrogens (tertiary/aromatic N) is 2. The van der Waals surface area contributed by atoms with Crippen LogP contribution < -0.4 is 4.90 Å². The minimum absolute atomic E-state index is 0.630. The van der Waals surface area contributed by atoms with E-state index < -0.39 is 0 Å². The first kappa shape index (κ1) is 28.8. The lowest BCUT2D eigenvalue weighted by Crippen LogP contribution is -2.10. The molecule has 1 aliphatic carbocycles. The molecule has 3 nitrogen and oxygen atoms in total. The van der Waals surface area contributed by atoms with Crippen molar-refractivity contribution >= 4 is 60.5 Å². The average Bonchev–Trinajstić information content (AvgIpc) is 3.62. The standard InChI is InChI=1S/C49H30N2O/c1-3-12-33(13-4-1)49-50-48-45(52-49)29-25-32-23-22-31-24-26-35(30-43(31)46(32)48)51(34-14-5-2-6-15-34)44-28-27-41-39-19-10-8-17-37(39)36-16-7-9-18-38(36)40-20-11-21-42(44)47(40)41/h1-30H. The molecular formula is C49H30N2O. The highest BCUT2D eigenvalue weighted by atomic mass is 16.3. The van der Waals surface area contributed by atoms with E-state index in [9.17, 15) is 0 Å². The molecule has 9 aromatic carbocycles. The molecule has 0 saturated carbocycles. The predicted octanol–water partition coefficient (Wildman–Crippen LogP) is 13.7. The van der Waals surface area contributed by atoms with Gasteiger partial charge < -0.3 is 9.32 Å². The molecule has 52 heavy (non-hydrogen) atoms. The maximum Gasteiger partial charge on any atom is 0.227 e. The molecule has 0 aliphatic heterocycles. The lowest BCUT2D eigenvalue weighted by Gasteiger charge is -2.28. The Bertz CT molecular complexity index is 2960. The van der Waals surface area contributed by atoms with E-state index in [4.69, 9.17) is 9.40 Å². The van der Waals surface area contributed by atoms with Crippen molar-refractivity contribution in [1.82, 2.24) is 4.98 Å². The highest BCUT2D eigenvalue weighted by molar-refractivity contribution is 6.20. The van der Waals surface area contributed by atoms with Gasteiger partial charge in [-0.2, -0.15) is 0 Å². The molecule has 0 spiro atoms. The van der Waals surface area contributed by atoms with Crippen LogP contribution in [0.1, 0.15) is 0 Å². The number of benzene rings is 9. The summed E-state index contributed by atoms with van der Waals surface area (Å²) < 4.78 is 6.35. The molecule has 1 aliphatic rings. The van der Waals surface area contributed by atoms with Gasteiger partial charge in [-0.15, -0.1) is 0 Å². The van der Waals surface area contributed by atoms with E-state index in [1.165, 1.54) is 44.2 Å². The molecule has 0 atom stereocenters. The molecule has 0 radical (unpaired) electrons. The second-order valence-corrected chi connectivity index (χ2v) is 13.5. The maximum absolute atomic E-state index is 6.35. The number of anilines is 3. The van der Waals surface area contributed by atoms with E-state index in [2.05, 4.69) is 150 Å². The Morgan fingerprint density at radius 2 is 1.00 bits per heavy atom. The number of para-hydroxylation sites is 1. The molecule has 0 saturated heterocycles. The Hall–Kier alpha value is -6.97. The Morgan fingerprint density at radius 3 is 1.75 bits per heavy atom. The lowest BCUT2D eigenvalue weighted by molar-refractivity contribution is 0.620. The Morgan fingerprint density at radius 1 is 0.404 bits per heavy atom. The van der Waals surface area contributed by atoms with E-state index in [0.717, 1.165) is 55.3 Å². The van der Waals surface area contributed by atoms with Gasteiger partial charge in [-0.1, -0.05) is 133 Å². The molecule has 0 unspecified atom stereocenters. The van der Waals surface area contributed by atoms with Gasteiger partial charge in [0.15, 0.2) is 5.58 Å². The number of aromatic nitrogens is 1. The summed E-state index contributed by atoms with van der Waals surface area (Å²) in [6, 6.07) is 65.2. The van der Waals surface area contributed by atoms with Gasteiger partial charge in [0.2, 0.25) is 5.89 Å². The monoisotopic (exact) mass is 662 g/mol. The van der Waals surface area contributed by atoms with Crippen molar-refractivity contribution in [2.75, 3.05) is 4.90 Å². The zero-order valence-corrected chi connectivity index (χ0v) is 28.1. The summed E-state index contributed by atoms with van der Waals surface area (Å²) in [4.78, 5) is 7.50. The van der Waals surface area contributed by atoms with Crippen LogP contribution in [-0.4, -0.2) is 4.98 Å². The number of rotatable bonds is 4. The molecule has 1 aromatic heterocycles. The lowest BCUT2D eigenvalue weighted by atomic mass is 9.92. The molecule has 1 heterocycles. The van der Waals surface area contributed by atoms with E-state index in [-0.39, 0.29) is 0 Å². The van der Waals surface area contributed by atoms with E-state index in [1.807, 2.05) is 36.4 Å². The number of hydrogen-bond donors (Lipinski definition) is 0. The van der Waals surface area contributed by atoms with Crippen molar-refractivity contribution in [2.45, 2.75) is 0 Å². The quantitative estimate of drug-likeness (QED) is 0.176. The fourth-order valence-corrected chi connectivity index (χ4v) is 8.31. The summed E-state index contributed by atoms with van der Waals surface area (Å²) in [5.41, 5.74) is 13.5. The van der Waals surface area contributed by atoms with Crippen molar-refractivity contribution < 1.29 is 4.42 Å². The van der Waals surface area contributed by atoms with Gasteiger partial charge in [-0.05, 0) is 103 Å². The third-order valence-corrected chi connectivity index (χ3v) is 10.6. The Kier molecular flexibility index (Phi) is 6.25. The maximum atomic E-state index is 6.35. The van der Waals surface area contributed by atoms with E-state index in [1.54, 1.807) is 0 Å². The minimum atomic E-state index is 0.630. The minimum Gasteiger partial charge on any atom is -0.436 e. The van der Waals surface area contributed by atoms with Crippen molar-refractivity contribution in [3.8, 4) is 44.8 Å². The van der Waals surface area contributed by atoms with Crippen LogP contribution in [0.25, 0.3) is 88.3 Å². The van der Waals surface area contributed by atoms with Crippen LogP contribution in [0, 0.1) is 0 Å². The molecule has 0 N–H and O–H groups in total. The summed E-state index contributed by atoms with van der Waals surface area (Å²) in [5, 5.41) is 6.99. The second-order valence-electron chi connectivity index (χ2n) is 13.5. The van der Waals surface area contributed by atoms with Gasteiger partial charge in [0.05, 0.1) is 5.69 Å². The highest BCUT2D eigenvalue weighted by Gasteiger charge is 2.24. The third kappa shape index (κ3) is 4.30. The van der Waals surface area contributed by atoms with Crippen LogP contribution >= 0.6 is 0 Å². The van der Waals surface area contributed by atoms with Gasteiger partial charge >= 0.3 is 0 Å². The summed E-state index contributed by atoms with van der Waals surface area (Å²) >= 11 is 0. The van der Waals surface area contributed by atoms with Crippen molar-refractivity contribution in [1.29, 1.82) is 0 Å². The van der Waals surface area contributed by atoms with Gasteiger partial charge in [-0.3, -0.25) is 0 Å². The molecule has 242 valence electrons. The third-order valence-electron chi connectivity index (χ3n) is 10.6. The molecule has 0 amide bonds. The molecule has 10 aromatic rings. The Balaban J connectivity index is 1.19. The summed E-state index contributed by atoms with van der Waals surface area (Å²) in [7, 11) is 0. The normalized spacial score (nSPS) is 11.8. The largest absolute Gasteiger partial charge is 0.436 e. The molecule has 0 bridgehead atoms. The van der Waals surface area contributed by atoms with E-state index in [0.29, 0.717) is 5.89 Å². The average molecular weight is 663 g/mol. The SMILES string of the molecule is c1ccc(-c2nc3c(ccc4ccc5ccc(N(c6ccccc6)c6ccc7c8c(cccc68)-c6ccccc6-c6ccccc6-7)cc5c43)o2)cc1. The number of hydrogen-bond acceptors (Lipinski definition) is 3. The van der Waals surface area contributed by atoms with Crippen molar-refractivity contribution in [2.24, 2.45) is 0 Å². The highest BCUT2D eigenvalue weighted by Crippen LogP contribution is 2.51. The van der Waals surface area contributed by atoms with Gasteiger partial charge in [0.1, 0.15) is 5.52 Å². The summed E-state index contributed by atoms with van der Waals surface area (Å²) in [6.45, 7) is 0. The number of fused-ring (bicyclic) bond motifs is 10. The van der Waals surface area contributed by atoms with Gasteiger partial charge in [0.25, 0.3) is 0 Å².